The molecule has 66 heavy (non-hydrogen) atoms. The molecule has 4 nitrogen and oxygen atoms in total. The monoisotopic (exact) mass is 929 g/mol. The minimum absolute atomic E-state index is 0.614. The first-order valence-electron chi connectivity index (χ1n) is 31.6. The average Bonchev–Trinajstić information content (AvgIpc) is 3.33. The lowest BCUT2D eigenvalue weighted by Gasteiger charge is -2.47. The first-order chi connectivity index (χ1) is 32.7. The molecule has 0 bridgehead atoms. The molecule has 1 heterocycles. The molecule has 1 unspecified atom stereocenters. The molecule has 1 rings (SSSR count). The van der Waals surface area contributed by atoms with E-state index < -0.39 is 0 Å². The summed E-state index contributed by atoms with van der Waals surface area (Å²) in [5.41, 5.74) is 0. The Kier molecular flexibility index (Phi) is 50.9. The summed E-state index contributed by atoms with van der Waals surface area (Å²) in [5, 5.41) is 0. The van der Waals surface area contributed by atoms with Crippen molar-refractivity contribution in [2.24, 2.45) is 0 Å². The van der Waals surface area contributed by atoms with Crippen LogP contribution in [0, 0.1) is 0 Å². The SMILES string of the molecule is CCCCCCCCCCCCCCN1CCN(CCN(CCCCC)CCCCCCCCCCCC)CC1N(CCCCCCCCCCCC)CCCCCCCCCCCCC. The zero-order valence-electron chi connectivity index (χ0n) is 47.0. The molecule has 4 heteroatoms. The Labute approximate surface area is 419 Å². The van der Waals surface area contributed by atoms with Crippen molar-refractivity contribution in [1.29, 1.82) is 0 Å². The Bertz CT molecular complexity index is 895. The van der Waals surface area contributed by atoms with Gasteiger partial charge in [0.05, 0.1) is 6.17 Å². The van der Waals surface area contributed by atoms with Crippen molar-refractivity contribution < 1.29 is 0 Å². The average molecular weight is 930 g/mol. The first kappa shape index (κ1) is 63.9. The van der Waals surface area contributed by atoms with Crippen molar-refractivity contribution in [1.82, 2.24) is 19.6 Å². The molecule has 1 fully saturated rings. The second-order valence-corrected chi connectivity index (χ2v) is 22.2. The van der Waals surface area contributed by atoms with Gasteiger partial charge in [-0.25, -0.2) is 0 Å². The van der Waals surface area contributed by atoms with E-state index in [4.69, 9.17) is 0 Å². The minimum atomic E-state index is 0.614. The predicted molar refractivity (Wildman–Crippen MR) is 301 cm³/mol. The molecule has 0 aromatic carbocycles. The molecule has 0 radical (unpaired) electrons. The van der Waals surface area contributed by atoms with Gasteiger partial charge in [-0.05, 0) is 64.8 Å². The van der Waals surface area contributed by atoms with Crippen molar-refractivity contribution in [2.45, 2.75) is 336 Å². The van der Waals surface area contributed by atoms with E-state index in [1.54, 1.807) is 0 Å². The first-order valence-corrected chi connectivity index (χ1v) is 31.6. The van der Waals surface area contributed by atoms with Gasteiger partial charge >= 0.3 is 0 Å². The molecular weight excluding hydrogens is 801 g/mol. The summed E-state index contributed by atoms with van der Waals surface area (Å²) >= 11 is 0. The van der Waals surface area contributed by atoms with E-state index in [1.807, 2.05) is 0 Å². The fourth-order valence-electron chi connectivity index (χ4n) is 11.0. The van der Waals surface area contributed by atoms with Crippen LogP contribution in [0.3, 0.4) is 0 Å². The number of nitrogens with zero attached hydrogens (tertiary/aromatic N) is 4. The van der Waals surface area contributed by atoms with Crippen molar-refractivity contribution in [3.8, 4) is 0 Å². The molecule has 396 valence electrons. The predicted octanol–water partition coefficient (Wildman–Crippen LogP) is 19.6. The lowest BCUT2D eigenvalue weighted by Crippen LogP contribution is -2.61. The van der Waals surface area contributed by atoms with E-state index >= 15 is 0 Å². The Balaban J connectivity index is 2.86. The largest absolute Gasteiger partial charge is 0.302 e. The van der Waals surface area contributed by atoms with Crippen LogP contribution in [0.15, 0.2) is 0 Å². The number of hydrogen-bond acceptors (Lipinski definition) is 4. The highest BCUT2D eigenvalue weighted by atomic mass is 15.4. The van der Waals surface area contributed by atoms with E-state index in [0.717, 1.165) is 0 Å². The van der Waals surface area contributed by atoms with Crippen LogP contribution in [0.5, 0.6) is 0 Å². The van der Waals surface area contributed by atoms with E-state index in [9.17, 15) is 0 Å². The Morgan fingerprint density at radius 1 is 0.273 bits per heavy atom. The Morgan fingerprint density at radius 2 is 0.545 bits per heavy atom. The summed E-state index contributed by atoms with van der Waals surface area (Å²) in [6.07, 6.45) is 66.7. The molecule has 0 aliphatic carbocycles. The zero-order chi connectivity index (χ0) is 47.5. The smallest absolute Gasteiger partial charge is 0.0754 e. The van der Waals surface area contributed by atoms with Gasteiger partial charge in [0.25, 0.3) is 0 Å². The third kappa shape index (κ3) is 41.6. The third-order valence-corrected chi connectivity index (χ3v) is 15.8. The fourth-order valence-corrected chi connectivity index (χ4v) is 11.0. The number of hydrogen-bond donors (Lipinski definition) is 0. The van der Waals surface area contributed by atoms with Crippen LogP contribution in [0.4, 0.5) is 0 Å². The van der Waals surface area contributed by atoms with Gasteiger partial charge in [-0.1, -0.05) is 298 Å². The maximum Gasteiger partial charge on any atom is 0.0754 e. The topological polar surface area (TPSA) is 13.0 Å². The Morgan fingerprint density at radius 3 is 0.894 bits per heavy atom. The van der Waals surface area contributed by atoms with Gasteiger partial charge in [0.2, 0.25) is 0 Å². The van der Waals surface area contributed by atoms with Crippen LogP contribution in [0.2, 0.25) is 0 Å². The second kappa shape index (κ2) is 52.7. The molecule has 0 spiro atoms. The molecule has 1 aliphatic rings. The van der Waals surface area contributed by atoms with Gasteiger partial charge in [0, 0.05) is 32.7 Å². The molecule has 0 aromatic heterocycles. The standard InChI is InChI=1S/C62H128N4/c1-6-11-16-20-24-28-32-34-38-42-46-51-56-66-60-59-64(58-57-63(52-47-15-10-5)53-48-43-39-35-30-26-22-18-13-8-3)61-62(66)65(54-49-44-40-36-31-27-23-19-14-9-4)55-50-45-41-37-33-29-25-21-17-12-7-2/h62H,6-61H2,1-5H3. The van der Waals surface area contributed by atoms with Crippen molar-refractivity contribution >= 4 is 0 Å². The highest BCUT2D eigenvalue weighted by molar-refractivity contribution is 4.84. The van der Waals surface area contributed by atoms with E-state index in [0.29, 0.717) is 6.17 Å². The summed E-state index contributed by atoms with van der Waals surface area (Å²) in [6.45, 7) is 24.7. The third-order valence-electron chi connectivity index (χ3n) is 15.8. The zero-order valence-corrected chi connectivity index (χ0v) is 47.0. The lowest BCUT2D eigenvalue weighted by molar-refractivity contribution is -0.0267. The molecular formula is C62H128N4. The maximum atomic E-state index is 3.05. The summed E-state index contributed by atoms with van der Waals surface area (Å²) in [7, 11) is 0. The fraction of sp³-hybridized carbons (Fsp3) is 1.00. The highest BCUT2D eigenvalue weighted by Crippen LogP contribution is 2.21. The van der Waals surface area contributed by atoms with Gasteiger partial charge < -0.3 is 4.90 Å². The van der Waals surface area contributed by atoms with Gasteiger partial charge in [0.15, 0.2) is 0 Å². The molecule has 0 amide bonds. The summed E-state index contributed by atoms with van der Waals surface area (Å²) in [5.74, 6) is 0. The quantitative estimate of drug-likeness (QED) is 0.0564. The van der Waals surface area contributed by atoms with Crippen LogP contribution in [-0.4, -0.2) is 91.2 Å². The number of unbranched alkanes of at least 4 members (excludes halogenated alkanes) is 41. The molecule has 0 aromatic rings. The molecule has 1 aliphatic heterocycles. The van der Waals surface area contributed by atoms with Crippen LogP contribution >= 0.6 is 0 Å². The van der Waals surface area contributed by atoms with E-state index in [-0.39, 0.29) is 0 Å². The van der Waals surface area contributed by atoms with Gasteiger partial charge in [0.1, 0.15) is 0 Å². The maximum absolute atomic E-state index is 3.05. The summed E-state index contributed by atoms with van der Waals surface area (Å²) in [4.78, 5) is 11.9. The van der Waals surface area contributed by atoms with Crippen molar-refractivity contribution in [3.05, 3.63) is 0 Å². The van der Waals surface area contributed by atoms with Gasteiger partial charge in [-0.3, -0.25) is 14.7 Å². The van der Waals surface area contributed by atoms with Crippen molar-refractivity contribution in [2.75, 3.05) is 65.4 Å². The van der Waals surface area contributed by atoms with Gasteiger partial charge in [-0.15, -0.1) is 0 Å². The number of rotatable bonds is 55. The van der Waals surface area contributed by atoms with E-state index in [2.05, 4.69) is 54.2 Å². The lowest BCUT2D eigenvalue weighted by atomic mass is 10.0. The molecule has 0 saturated carbocycles. The normalized spacial score (nSPS) is 15.0. The molecule has 1 atom stereocenters. The summed E-state index contributed by atoms with van der Waals surface area (Å²) < 4.78 is 0. The van der Waals surface area contributed by atoms with Crippen LogP contribution in [0.1, 0.15) is 330 Å². The summed E-state index contributed by atoms with van der Waals surface area (Å²) in [6, 6.07) is 0. The molecule has 0 N–H and O–H groups in total. The Hall–Kier alpha value is -0.160. The van der Waals surface area contributed by atoms with Crippen LogP contribution in [-0.2, 0) is 0 Å². The van der Waals surface area contributed by atoms with Crippen LogP contribution in [0.25, 0.3) is 0 Å². The van der Waals surface area contributed by atoms with Gasteiger partial charge in [-0.2, -0.15) is 0 Å². The minimum Gasteiger partial charge on any atom is -0.302 e. The highest BCUT2D eigenvalue weighted by Gasteiger charge is 2.31. The van der Waals surface area contributed by atoms with Crippen LogP contribution < -0.4 is 0 Å². The second-order valence-electron chi connectivity index (χ2n) is 22.2. The van der Waals surface area contributed by atoms with Crippen molar-refractivity contribution in [3.63, 3.8) is 0 Å². The molecule has 1 saturated heterocycles. The van der Waals surface area contributed by atoms with E-state index in [1.165, 1.54) is 361 Å². The number of piperazine rings is 1.